The highest BCUT2D eigenvalue weighted by atomic mass is 79.9. The van der Waals surface area contributed by atoms with E-state index in [-0.39, 0.29) is 0 Å². The van der Waals surface area contributed by atoms with Gasteiger partial charge in [-0.3, -0.25) is 4.79 Å². The first-order valence-corrected chi connectivity index (χ1v) is 18.2. The molecule has 3 aromatic heterocycles. The average molecular weight is 746 g/mol. The molecule has 3 heterocycles. The normalized spacial score (nSPS) is 13.1. The zero-order valence-corrected chi connectivity index (χ0v) is 29.9. The van der Waals surface area contributed by atoms with E-state index in [0.717, 1.165) is 79.5 Å². The van der Waals surface area contributed by atoms with Crippen LogP contribution in [0.25, 0.3) is 33.7 Å². The Labute approximate surface area is 308 Å². The lowest BCUT2D eigenvalue weighted by Crippen LogP contribution is -2.39. The number of tetrazole rings is 1. The Bertz CT molecular complexity index is 2460. The van der Waals surface area contributed by atoms with E-state index in [1.54, 1.807) is 4.80 Å². The SMILES string of the molecule is Cc1nc(C2CC2)n(Cc2cccc3oc(-c4ccccc4-c4nnn(C(c5ccccc5)(c5ccccc5)c5ccccc5)n4)c(Br)c23)c1C=O. The maximum absolute atomic E-state index is 12.2. The van der Waals surface area contributed by atoms with Crippen molar-refractivity contribution in [3.8, 4) is 22.7 Å². The third-order valence-electron chi connectivity index (χ3n) is 10.0. The molecule has 1 aliphatic rings. The van der Waals surface area contributed by atoms with Crippen LogP contribution >= 0.6 is 15.9 Å². The number of hydrogen-bond acceptors (Lipinski definition) is 6. The van der Waals surface area contributed by atoms with Crippen LogP contribution in [0.15, 0.2) is 142 Å². The molecule has 1 aliphatic carbocycles. The molecule has 0 atom stereocenters. The molecule has 0 unspecified atom stereocenters. The van der Waals surface area contributed by atoms with Crippen LogP contribution in [0, 0.1) is 6.92 Å². The molecule has 0 saturated heterocycles. The van der Waals surface area contributed by atoms with Gasteiger partial charge < -0.3 is 8.98 Å². The van der Waals surface area contributed by atoms with Crippen molar-refractivity contribution < 1.29 is 9.21 Å². The van der Waals surface area contributed by atoms with Gasteiger partial charge in [0.1, 0.15) is 22.9 Å². The maximum atomic E-state index is 12.2. The van der Waals surface area contributed by atoms with E-state index in [0.29, 0.717) is 29.7 Å². The number of carbonyl (C=O) groups is 1. The van der Waals surface area contributed by atoms with Crippen molar-refractivity contribution in [1.82, 2.24) is 29.8 Å². The van der Waals surface area contributed by atoms with Gasteiger partial charge in [0.15, 0.2) is 11.8 Å². The van der Waals surface area contributed by atoms with Crippen LogP contribution < -0.4 is 0 Å². The standard InChI is InChI=1S/C43H33BrN6O2/c1-28-36(27-51)49(42(45-28)29-24-25-29)26-30-14-13-23-37-38(30)39(44)40(52-37)34-21-11-12-22-35(34)41-46-48-50(47-41)43(31-15-5-2-6-16-31,32-17-7-3-8-18-32)33-19-9-4-10-20-33/h2-23,27,29H,24-26H2,1H3. The maximum Gasteiger partial charge on any atom is 0.205 e. The van der Waals surface area contributed by atoms with Crippen molar-refractivity contribution in [3.63, 3.8) is 0 Å². The second kappa shape index (κ2) is 13.0. The van der Waals surface area contributed by atoms with Crippen molar-refractivity contribution in [3.05, 3.63) is 177 Å². The largest absolute Gasteiger partial charge is 0.455 e. The van der Waals surface area contributed by atoms with Gasteiger partial charge in [-0.1, -0.05) is 127 Å². The Morgan fingerprint density at radius 2 is 1.38 bits per heavy atom. The molecule has 0 spiro atoms. The summed E-state index contributed by atoms with van der Waals surface area (Å²) in [6.45, 7) is 2.41. The molecule has 1 saturated carbocycles. The van der Waals surface area contributed by atoms with Crippen LogP contribution in [0.4, 0.5) is 0 Å². The van der Waals surface area contributed by atoms with Gasteiger partial charge in [0.25, 0.3) is 0 Å². The number of imidazole rings is 1. The predicted molar refractivity (Wildman–Crippen MR) is 204 cm³/mol. The molecule has 5 aromatic carbocycles. The molecule has 9 heteroatoms. The topological polar surface area (TPSA) is 91.6 Å². The number of aromatic nitrogens is 6. The zero-order chi connectivity index (χ0) is 35.2. The van der Waals surface area contributed by atoms with Crippen molar-refractivity contribution in [2.24, 2.45) is 0 Å². The number of halogens is 1. The van der Waals surface area contributed by atoms with E-state index in [4.69, 9.17) is 24.8 Å². The highest BCUT2D eigenvalue weighted by Gasteiger charge is 2.41. The van der Waals surface area contributed by atoms with Gasteiger partial charge >= 0.3 is 0 Å². The van der Waals surface area contributed by atoms with Gasteiger partial charge in [-0.25, -0.2) is 4.98 Å². The quantitative estimate of drug-likeness (QED) is 0.102. The summed E-state index contributed by atoms with van der Waals surface area (Å²) >= 11 is 3.94. The third-order valence-corrected chi connectivity index (χ3v) is 10.8. The summed E-state index contributed by atoms with van der Waals surface area (Å²) in [6.07, 6.45) is 3.11. The van der Waals surface area contributed by atoms with Crippen LogP contribution in [-0.4, -0.2) is 36.0 Å². The number of rotatable bonds is 10. The van der Waals surface area contributed by atoms with Crippen molar-refractivity contribution in [2.75, 3.05) is 0 Å². The number of carbonyl (C=O) groups excluding carboxylic acids is 1. The molecule has 0 N–H and O–H groups in total. The molecular formula is C43H33BrN6O2. The van der Waals surface area contributed by atoms with Crippen LogP contribution in [0.5, 0.6) is 0 Å². The Morgan fingerprint density at radius 1 is 0.788 bits per heavy atom. The third kappa shape index (κ3) is 5.23. The lowest BCUT2D eigenvalue weighted by Gasteiger charge is -2.34. The number of nitrogens with zero attached hydrogens (tertiary/aromatic N) is 6. The first-order valence-electron chi connectivity index (χ1n) is 17.4. The fourth-order valence-electron chi connectivity index (χ4n) is 7.46. The van der Waals surface area contributed by atoms with Gasteiger partial charge in [0, 0.05) is 22.4 Å². The van der Waals surface area contributed by atoms with Crippen LogP contribution in [-0.2, 0) is 12.1 Å². The minimum absolute atomic E-state index is 0.396. The van der Waals surface area contributed by atoms with E-state index in [1.165, 1.54) is 0 Å². The van der Waals surface area contributed by atoms with Gasteiger partial charge in [-0.15, -0.1) is 15.0 Å². The van der Waals surface area contributed by atoms with Crippen LogP contribution in [0.1, 0.15) is 63.0 Å². The smallest absolute Gasteiger partial charge is 0.205 e. The molecule has 1 fully saturated rings. The highest BCUT2D eigenvalue weighted by Crippen LogP contribution is 2.45. The summed E-state index contributed by atoms with van der Waals surface area (Å²) in [7, 11) is 0. The van der Waals surface area contributed by atoms with E-state index in [9.17, 15) is 4.79 Å². The lowest BCUT2D eigenvalue weighted by molar-refractivity contribution is 0.111. The first-order chi connectivity index (χ1) is 25.6. The molecule has 8 nitrogen and oxygen atoms in total. The Balaban J connectivity index is 1.18. The van der Waals surface area contributed by atoms with Gasteiger partial charge in [-0.05, 0) is 69.2 Å². The van der Waals surface area contributed by atoms with Gasteiger partial charge in [0.05, 0.1) is 16.7 Å². The fourth-order valence-corrected chi connectivity index (χ4v) is 8.20. The predicted octanol–water partition coefficient (Wildman–Crippen LogP) is 9.60. The minimum Gasteiger partial charge on any atom is -0.455 e. The minimum atomic E-state index is -0.899. The van der Waals surface area contributed by atoms with E-state index in [1.807, 2.05) is 97.9 Å². The van der Waals surface area contributed by atoms with Gasteiger partial charge in [-0.2, -0.15) is 0 Å². The Kier molecular flexibility index (Phi) is 8.00. The molecule has 0 aliphatic heterocycles. The number of fused-ring (bicyclic) bond motifs is 1. The summed E-state index contributed by atoms with van der Waals surface area (Å²) in [5.41, 5.74) is 6.88. The van der Waals surface area contributed by atoms with E-state index in [2.05, 4.69) is 63.0 Å². The number of hydrogen-bond donors (Lipinski definition) is 0. The summed E-state index contributed by atoms with van der Waals surface area (Å²) in [4.78, 5) is 18.7. The van der Waals surface area contributed by atoms with E-state index >= 15 is 0 Å². The highest BCUT2D eigenvalue weighted by molar-refractivity contribution is 9.10. The molecule has 52 heavy (non-hydrogen) atoms. The fraction of sp³-hybridized carbons (Fsp3) is 0.140. The summed E-state index contributed by atoms with van der Waals surface area (Å²) in [5.74, 6) is 2.50. The summed E-state index contributed by atoms with van der Waals surface area (Å²) in [6, 6.07) is 45.0. The van der Waals surface area contributed by atoms with Crippen molar-refractivity contribution >= 4 is 33.2 Å². The second-order valence-corrected chi connectivity index (χ2v) is 14.0. The van der Waals surface area contributed by atoms with E-state index < -0.39 is 5.54 Å². The monoisotopic (exact) mass is 744 g/mol. The van der Waals surface area contributed by atoms with Crippen molar-refractivity contribution in [2.45, 2.75) is 37.8 Å². The van der Waals surface area contributed by atoms with Crippen LogP contribution in [0.2, 0.25) is 0 Å². The first kappa shape index (κ1) is 32.0. The molecule has 254 valence electrons. The van der Waals surface area contributed by atoms with Gasteiger partial charge in [0.2, 0.25) is 5.82 Å². The second-order valence-electron chi connectivity index (χ2n) is 13.2. The van der Waals surface area contributed by atoms with Crippen LogP contribution in [0.3, 0.4) is 0 Å². The summed E-state index contributed by atoms with van der Waals surface area (Å²) in [5, 5.41) is 15.6. The molecule has 0 bridgehead atoms. The molecule has 9 rings (SSSR count). The molecule has 0 amide bonds. The lowest BCUT2D eigenvalue weighted by atomic mass is 9.77. The number of aryl methyl sites for hydroxylation is 1. The Hall–Kier alpha value is -5.93. The number of furan rings is 1. The molecule has 8 aromatic rings. The number of aldehydes is 1. The Morgan fingerprint density at radius 3 is 1.98 bits per heavy atom. The number of benzene rings is 5. The average Bonchev–Trinajstić information content (AvgIpc) is 3.69. The zero-order valence-electron chi connectivity index (χ0n) is 28.4. The molecular weight excluding hydrogens is 712 g/mol. The molecule has 0 radical (unpaired) electrons. The summed E-state index contributed by atoms with van der Waals surface area (Å²) < 4.78 is 9.53. The van der Waals surface area contributed by atoms with Crippen molar-refractivity contribution in [1.29, 1.82) is 0 Å².